The van der Waals surface area contributed by atoms with Gasteiger partial charge in [-0.1, -0.05) is 25.1 Å². The lowest BCUT2D eigenvalue weighted by molar-refractivity contribution is 0.188. The number of anilines is 1. The number of carbonyl (C=O) groups is 1. The van der Waals surface area contributed by atoms with Crippen molar-refractivity contribution in [2.75, 3.05) is 25.0 Å². The predicted molar refractivity (Wildman–Crippen MR) is 98.2 cm³/mol. The number of aromatic nitrogens is 2. The van der Waals surface area contributed by atoms with Crippen LogP contribution in [0.2, 0.25) is 0 Å². The number of hydrogen-bond acceptors (Lipinski definition) is 3. The van der Waals surface area contributed by atoms with Crippen molar-refractivity contribution in [2.45, 2.75) is 39.0 Å². The lowest BCUT2D eigenvalue weighted by Gasteiger charge is -2.22. The first-order valence-electron chi connectivity index (χ1n) is 8.97. The number of aliphatic hydroxyl groups excluding tert-OH is 1. The highest BCUT2D eigenvalue weighted by Crippen LogP contribution is 2.42. The molecule has 1 fully saturated rings. The van der Waals surface area contributed by atoms with E-state index in [0.29, 0.717) is 19.0 Å². The van der Waals surface area contributed by atoms with Gasteiger partial charge in [0.25, 0.3) is 0 Å². The number of hydrogen-bond donors (Lipinski definition) is 2. The monoisotopic (exact) mass is 342 g/mol. The minimum Gasteiger partial charge on any atom is -0.395 e. The molecule has 134 valence electrons. The lowest BCUT2D eigenvalue weighted by atomic mass is 10.2. The molecule has 0 radical (unpaired) electrons. The van der Waals surface area contributed by atoms with Gasteiger partial charge in [0, 0.05) is 24.6 Å². The van der Waals surface area contributed by atoms with Crippen molar-refractivity contribution in [2.24, 2.45) is 0 Å². The van der Waals surface area contributed by atoms with Gasteiger partial charge in [-0.25, -0.2) is 9.48 Å². The Labute approximate surface area is 148 Å². The molecule has 1 heterocycles. The average Bonchev–Trinajstić information content (AvgIpc) is 3.41. The van der Waals surface area contributed by atoms with Crippen LogP contribution in [0.15, 0.2) is 30.3 Å². The fraction of sp³-hybridized carbons (Fsp3) is 0.474. The van der Waals surface area contributed by atoms with Gasteiger partial charge in [-0.15, -0.1) is 0 Å². The van der Waals surface area contributed by atoms with Crippen LogP contribution in [0.3, 0.4) is 0 Å². The number of benzene rings is 1. The molecule has 1 aliphatic carbocycles. The van der Waals surface area contributed by atoms with Crippen molar-refractivity contribution < 1.29 is 9.90 Å². The zero-order valence-corrected chi connectivity index (χ0v) is 14.9. The van der Waals surface area contributed by atoms with E-state index in [1.807, 2.05) is 48.9 Å². The number of para-hydroxylation sites is 1. The molecule has 1 aromatic heterocycles. The summed E-state index contributed by atoms with van der Waals surface area (Å²) in [5.41, 5.74) is 3.03. The Bertz CT molecular complexity index is 717. The summed E-state index contributed by atoms with van der Waals surface area (Å²) in [5, 5.41) is 17.0. The van der Waals surface area contributed by atoms with Crippen LogP contribution in [0, 0.1) is 6.92 Å². The molecule has 0 spiro atoms. The third kappa shape index (κ3) is 3.85. The van der Waals surface area contributed by atoms with E-state index < -0.39 is 0 Å². The summed E-state index contributed by atoms with van der Waals surface area (Å²) in [5.74, 6) is 1.22. The molecule has 1 aliphatic rings. The summed E-state index contributed by atoms with van der Waals surface area (Å²) >= 11 is 0. The third-order valence-corrected chi connectivity index (χ3v) is 4.50. The molecule has 0 atom stereocenters. The van der Waals surface area contributed by atoms with Crippen LogP contribution >= 0.6 is 0 Å². The molecular weight excluding hydrogens is 316 g/mol. The highest BCUT2D eigenvalue weighted by Gasteiger charge is 2.31. The number of urea groups is 1. The second kappa shape index (κ2) is 7.70. The minimum atomic E-state index is -0.196. The smallest absolute Gasteiger partial charge is 0.323 e. The minimum absolute atomic E-state index is 0.0440. The van der Waals surface area contributed by atoms with Crippen LogP contribution < -0.4 is 5.32 Å². The SMILES string of the molecule is CCCN(CCO)C(=O)Nc1c(C)c(C2CC2)nn1-c1ccccc1. The topological polar surface area (TPSA) is 70.4 Å². The van der Waals surface area contributed by atoms with Crippen molar-refractivity contribution in [3.63, 3.8) is 0 Å². The summed E-state index contributed by atoms with van der Waals surface area (Å²) in [6, 6.07) is 9.66. The fourth-order valence-electron chi connectivity index (χ4n) is 3.05. The second-order valence-electron chi connectivity index (χ2n) is 6.52. The number of carbonyl (C=O) groups excluding carboxylic acids is 1. The third-order valence-electron chi connectivity index (χ3n) is 4.50. The summed E-state index contributed by atoms with van der Waals surface area (Å²) in [7, 11) is 0. The van der Waals surface area contributed by atoms with Gasteiger partial charge >= 0.3 is 6.03 Å². The Morgan fingerprint density at radius 3 is 2.64 bits per heavy atom. The van der Waals surface area contributed by atoms with Crippen LogP contribution in [-0.2, 0) is 0 Å². The summed E-state index contributed by atoms with van der Waals surface area (Å²) in [6.45, 7) is 4.93. The van der Waals surface area contributed by atoms with Crippen LogP contribution in [0.1, 0.15) is 43.4 Å². The zero-order valence-electron chi connectivity index (χ0n) is 14.9. The van der Waals surface area contributed by atoms with E-state index in [1.165, 1.54) is 0 Å². The molecule has 25 heavy (non-hydrogen) atoms. The van der Waals surface area contributed by atoms with E-state index >= 15 is 0 Å². The standard InChI is InChI=1S/C19H26N4O2/c1-3-11-22(12-13-24)19(25)20-18-14(2)17(15-9-10-15)21-23(18)16-7-5-4-6-8-16/h4-8,15,24H,3,9-13H2,1-2H3,(H,20,25). The van der Waals surface area contributed by atoms with E-state index in [2.05, 4.69) is 5.32 Å². The molecule has 6 heteroatoms. The van der Waals surface area contributed by atoms with Gasteiger partial charge in [0.05, 0.1) is 18.0 Å². The Kier molecular flexibility index (Phi) is 5.38. The van der Waals surface area contributed by atoms with E-state index in [-0.39, 0.29) is 12.6 Å². The Morgan fingerprint density at radius 2 is 2.04 bits per heavy atom. The van der Waals surface area contributed by atoms with Crippen LogP contribution in [0.4, 0.5) is 10.6 Å². The molecule has 0 unspecified atom stereocenters. The number of nitrogens with zero attached hydrogens (tertiary/aromatic N) is 3. The largest absolute Gasteiger partial charge is 0.395 e. The summed E-state index contributed by atoms with van der Waals surface area (Å²) in [4.78, 5) is 14.3. The van der Waals surface area contributed by atoms with Crippen molar-refractivity contribution in [1.82, 2.24) is 14.7 Å². The average molecular weight is 342 g/mol. The molecular formula is C19H26N4O2. The molecule has 2 N–H and O–H groups in total. The molecule has 2 amide bonds. The number of aliphatic hydroxyl groups is 1. The summed E-state index contributed by atoms with van der Waals surface area (Å²) < 4.78 is 1.82. The van der Waals surface area contributed by atoms with Gasteiger partial charge in [0.15, 0.2) is 0 Å². The van der Waals surface area contributed by atoms with Gasteiger partial charge in [0.2, 0.25) is 0 Å². The van der Waals surface area contributed by atoms with Crippen molar-refractivity contribution in [1.29, 1.82) is 0 Å². The maximum absolute atomic E-state index is 12.7. The highest BCUT2D eigenvalue weighted by molar-refractivity contribution is 5.89. The van der Waals surface area contributed by atoms with Gasteiger partial charge in [-0.05, 0) is 38.3 Å². The first kappa shape index (κ1) is 17.5. The van der Waals surface area contributed by atoms with Crippen molar-refractivity contribution in [3.8, 4) is 5.69 Å². The van der Waals surface area contributed by atoms with E-state index in [1.54, 1.807) is 4.90 Å². The second-order valence-corrected chi connectivity index (χ2v) is 6.52. The lowest BCUT2D eigenvalue weighted by Crippen LogP contribution is -2.38. The van der Waals surface area contributed by atoms with Crippen LogP contribution in [-0.4, -0.2) is 45.5 Å². The molecule has 3 rings (SSSR count). The first-order valence-corrected chi connectivity index (χ1v) is 8.97. The molecule has 1 saturated carbocycles. The van der Waals surface area contributed by atoms with Crippen LogP contribution in [0.5, 0.6) is 0 Å². The van der Waals surface area contributed by atoms with Crippen LogP contribution in [0.25, 0.3) is 5.69 Å². The number of rotatable bonds is 7. The van der Waals surface area contributed by atoms with Crippen molar-refractivity contribution in [3.05, 3.63) is 41.6 Å². The van der Waals surface area contributed by atoms with Crippen molar-refractivity contribution >= 4 is 11.8 Å². The molecule has 1 aromatic carbocycles. The first-order chi connectivity index (χ1) is 12.2. The Hall–Kier alpha value is -2.34. The quantitative estimate of drug-likeness (QED) is 0.811. The normalized spacial score (nSPS) is 13.7. The van der Waals surface area contributed by atoms with Gasteiger partial charge in [0.1, 0.15) is 5.82 Å². The van der Waals surface area contributed by atoms with E-state index in [0.717, 1.165) is 42.0 Å². The maximum Gasteiger partial charge on any atom is 0.323 e. The van der Waals surface area contributed by atoms with E-state index in [9.17, 15) is 9.90 Å². The Morgan fingerprint density at radius 1 is 1.32 bits per heavy atom. The zero-order chi connectivity index (χ0) is 17.8. The van der Waals surface area contributed by atoms with Gasteiger partial charge in [-0.2, -0.15) is 5.10 Å². The number of nitrogens with one attached hydrogen (secondary N) is 1. The summed E-state index contributed by atoms with van der Waals surface area (Å²) in [6.07, 6.45) is 3.16. The van der Waals surface area contributed by atoms with Gasteiger partial charge in [-0.3, -0.25) is 5.32 Å². The molecule has 2 aromatic rings. The maximum atomic E-state index is 12.7. The number of amides is 2. The Balaban J connectivity index is 1.92. The molecule has 0 bridgehead atoms. The molecule has 6 nitrogen and oxygen atoms in total. The predicted octanol–water partition coefficient (Wildman–Crippen LogP) is 3.29. The molecule has 0 aliphatic heterocycles. The van der Waals surface area contributed by atoms with Gasteiger partial charge < -0.3 is 10.0 Å². The van der Waals surface area contributed by atoms with E-state index in [4.69, 9.17) is 5.10 Å². The highest BCUT2D eigenvalue weighted by atomic mass is 16.3. The molecule has 0 saturated heterocycles. The fourth-order valence-corrected chi connectivity index (χ4v) is 3.05.